The number of hydrogen-bond acceptors (Lipinski definition) is 0. The van der Waals surface area contributed by atoms with Crippen LogP contribution >= 0.6 is 0 Å². The normalized spacial score (nSPS) is 26.4. The van der Waals surface area contributed by atoms with Crippen molar-refractivity contribution in [3.63, 3.8) is 0 Å². The summed E-state index contributed by atoms with van der Waals surface area (Å²) in [6.45, 7) is 12.2. The van der Waals surface area contributed by atoms with Crippen LogP contribution in [-0.2, 0) is 0 Å². The van der Waals surface area contributed by atoms with Crippen LogP contribution in [0.15, 0.2) is 0 Å². The lowest BCUT2D eigenvalue weighted by atomic mass is 9.51. The molecule has 2 unspecified atom stereocenters. The van der Waals surface area contributed by atoms with Crippen LogP contribution in [0.3, 0.4) is 0 Å². The van der Waals surface area contributed by atoms with Crippen LogP contribution in [0.1, 0.15) is 73.1 Å². The van der Waals surface area contributed by atoms with Crippen LogP contribution in [0.25, 0.3) is 0 Å². The first-order valence-corrected chi connectivity index (χ1v) is 6.47. The summed E-state index contributed by atoms with van der Waals surface area (Å²) in [5, 5.41) is 0. The lowest BCUT2D eigenvalue weighted by Gasteiger charge is -2.53. The van der Waals surface area contributed by atoms with E-state index in [2.05, 4.69) is 34.6 Å². The fourth-order valence-electron chi connectivity index (χ4n) is 3.04. The molecule has 0 bridgehead atoms. The number of rotatable bonds is 5. The SMILES string of the molecule is CCC(C)CC(C)(CC)C1(C)CCC1. The molecule has 84 valence electrons. The third kappa shape index (κ3) is 1.99. The average Bonchev–Trinajstić information content (AvgIpc) is 2.13. The fourth-order valence-corrected chi connectivity index (χ4v) is 3.04. The van der Waals surface area contributed by atoms with Gasteiger partial charge in [0.2, 0.25) is 0 Å². The molecule has 0 radical (unpaired) electrons. The molecular weight excluding hydrogens is 168 g/mol. The van der Waals surface area contributed by atoms with Crippen LogP contribution < -0.4 is 0 Å². The molecule has 0 nitrogen and oxygen atoms in total. The third-order valence-electron chi connectivity index (χ3n) is 5.19. The molecule has 1 aliphatic carbocycles. The van der Waals surface area contributed by atoms with Gasteiger partial charge in [-0.15, -0.1) is 0 Å². The second kappa shape index (κ2) is 4.24. The minimum atomic E-state index is 0.598. The van der Waals surface area contributed by atoms with Gasteiger partial charge in [0.1, 0.15) is 0 Å². The van der Waals surface area contributed by atoms with E-state index >= 15 is 0 Å². The van der Waals surface area contributed by atoms with Gasteiger partial charge in [0.25, 0.3) is 0 Å². The third-order valence-corrected chi connectivity index (χ3v) is 5.19. The molecule has 0 aromatic carbocycles. The highest BCUT2D eigenvalue weighted by Gasteiger charge is 2.47. The Labute approximate surface area is 90.5 Å². The van der Waals surface area contributed by atoms with E-state index < -0.39 is 0 Å². The Balaban J connectivity index is 2.65. The molecule has 0 aromatic rings. The van der Waals surface area contributed by atoms with Crippen LogP contribution in [0.4, 0.5) is 0 Å². The predicted molar refractivity (Wildman–Crippen MR) is 64.4 cm³/mol. The van der Waals surface area contributed by atoms with E-state index in [1.807, 2.05) is 0 Å². The van der Waals surface area contributed by atoms with Crippen LogP contribution in [-0.4, -0.2) is 0 Å². The maximum Gasteiger partial charge on any atom is -0.0272 e. The Morgan fingerprint density at radius 3 is 2.14 bits per heavy atom. The maximum absolute atomic E-state index is 2.53. The van der Waals surface area contributed by atoms with E-state index in [-0.39, 0.29) is 0 Å². The quantitative estimate of drug-likeness (QED) is 0.578. The molecular formula is C14H28. The average molecular weight is 196 g/mol. The van der Waals surface area contributed by atoms with Crippen molar-refractivity contribution in [2.24, 2.45) is 16.7 Å². The highest BCUT2D eigenvalue weighted by molar-refractivity contribution is 4.97. The van der Waals surface area contributed by atoms with E-state index in [4.69, 9.17) is 0 Å². The zero-order chi connectivity index (χ0) is 10.8. The van der Waals surface area contributed by atoms with Crippen LogP contribution in [0.2, 0.25) is 0 Å². The standard InChI is InChI=1S/C14H28/c1-6-12(3)11-13(4,7-2)14(5)9-8-10-14/h12H,6-11H2,1-5H3. The van der Waals surface area contributed by atoms with Crippen molar-refractivity contribution < 1.29 is 0 Å². The van der Waals surface area contributed by atoms with Crippen molar-refractivity contribution in [2.45, 2.75) is 73.1 Å². The highest BCUT2D eigenvalue weighted by Crippen LogP contribution is 2.57. The fraction of sp³-hybridized carbons (Fsp3) is 1.00. The molecule has 1 fully saturated rings. The maximum atomic E-state index is 2.53. The first-order valence-electron chi connectivity index (χ1n) is 6.47. The summed E-state index contributed by atoms with van der Waals surface area (Å²) in [6, 6.07) is 0. The molecule has 1 saturated carbocycles. The minimum Gasteiger partial charge on any atom is -0.0651 e. The molecule has 0 heterocycles. The highest BCUT2D eigenvalue weighted by atomic mass is 14.5. The zero-order valence-electron chi connectivity index (χ0n) is 10.8. The van der Waals surface area contributed by atoms with E-state index in [0.717, 1.165) is 5.92 Å². The van der Waals surface area contributed by atoms with Gasteiger partial charge in [-0.05, 0) is 36.0 Å². The summed E-state index contributed by atoms with van der Waals surface area (Å²) in [4.78, 5) is 0. The van der Waals surface area contributed by atoms with Gasteiger partial charge in [0.05, 0.1) is 0 Å². The molecule has 0 amide bonds. The Morgan fingerprint density at radius 1 is 1.29 bits per heavy atom. The van der Waals surface area contributed by atoms with Gasteiger partial charge in [0, 0.05) is 0 Å². The van der Waals surface area contributed by atoms with Crippen molar-refractivity contribution in [3.8, 4) is 0 Å². The Morgan fingerprint density at radius 2 is 1.86 bits per heavy atom. The largest absolute Gasteiger partial charge is 0.0651 e. The Kier molecular flexibility index (Phi) is 3.66. The van der Waals surface area contributed by atoms with Crippen LogP contribution in [0.5, 0.6) is 0 Å². The van der Waals surface area contributed by atoms with E-state index in [9.17, 15) is 0 Å². The first kappa shape index (κ1) is 12.1. The second-order valence-corrected chi connectivity index (χ2v) is 6.05. The van der Waals surface area contributed by atoms with Crippen molar-refractivity contribution in [2.75, 3.05) is 0 Å². The summed E-state index contributed by atoms with van der Waals surface area (Å²) in [6.07, 6.45) is 8.52. The van der Waals surface area contributed by atoms with E-state index in [1.165, 1.54) is 38.5 Å². The summed E-state index contributed by atoms with van der Waals surface area (Å²) in [7, 11) is 0. The summed E-state index contributed by atoms with van der Waals surface area (Å²) in [5.74, 6) is 0.900. The summed E-state index contributed by atoms with van der Waals surface area (Å²) >= 11 is 0. The van der Waals surface area contributed by atoms with Gasteiger partial charge in [0.15, 0.2) is 0 Å². The molecule has 1 aliphatic rings. The van der Waals surface area contributed by atoms with Gasteiger partial charge in [-0.1, -0.05) is 53.9 Å². The monoisotopic (exact) mass is 196 g/mol. The zero-order valence-corrected chi connectivity index (χ0v) is 10.8. The lowest BCUT2D eigenvalue weighted by Crippen LogP contribution is -2.43. The smallest absolute Gasteiger partial charge is 0.0272 e. The molecule has 0 spiro atoms. The van der Waals surface area contributed by atoms with Gasteiger partial charge < -0.3 is 0 Å². The van der Waals surface area contributed by atoms with Crippen molar-refractivity contribution >= 4 is 0 Å². The van der Waals surface area contributed by atoms with Gasteiger partial charge in [-0.2, -0.15) is 0 Å². The molecule has 1 rings (SSSR count). The van der Waals surface area contributed by atoms with Crippen molar-refractivity contribution in [1.29, 1.82) is 0 Å². The van der Waals surface area contributed by atoms with Gasteiger partial charge in [-0.3, -0.25) is 0 Å². The molecule has 14 heavy (non-hydrogen) atoms. The number of hydrogen-bond donors (Lipinski definition) is 0. The topological polar surface area (TPSA) is 0 Å². The molecule has 0 saturated heterocycles. The molecule has 0 N–H and O–H groups in total. The van der Waals surface area contributed by atoms with Crippen molar-refractivity contribution in [3.05, 3.63) is 0 Å². The Bertz CT molecular complexity index is 178. The van der Waals surface area contributed by atoms with Crippen molar-refractivity contribution in [1.82, 2.24) is 0 Å². The molecule has 0 aliphatic heterocycles. The summed E-state index contributed by atoms with van der Waals surface area (Å²) in [5.41, 5.74) is 1.26. The lowest BCUT2D eigenvalue weighted by molar-refractivity contribution is -0.0307. The summed E-state index contributed by atoms with van der Waals surface area (Å²) < 4.78 is 0. The van der Waals surface area contributed by atoms with E-state index in [0.29, 0.717) is 10.8 Å². The molecule has 2 atom stereocenters. The van der Waals surface area contributed by atoms with Gasteiger partial charge >= 0.3 is 0 Å². The second-order valence-electron chi connectivity index (χ2n) is 6.05. The predicted octanol–water partition coefficient (Wildman–Crippen LogP) is 5.03. The van der Waals surface area contributed by atoms with Crippen LogP contribution in [0, 0.1) is 16.7 Å². The minimum absolute atomic E-state index is 0.598. The molecule has 0 aromatic heterocycles. The molecule has 0 heteroatoms. The first-order chi connectivity index (χ1) is 6.47. The Hall–Kier alpha value is 0. The van der Waals surface area contributed by atoms with E-state index in [1.54, 1.807) is 0 Å². The van der Waals surface area contributed by atoms with Gasteiger partial charge in [-0.25, -0.2) is 0 Å².